The Morgan fingerprint density at radius 1 is 0.889 bits per heavy atom. The summed E-state index contributed by atoms with van der Waals surface area (Å²) in [5, 5.41) is 0. The molecule has 0 N–H and O–H groups in total. The Hall–Kier alpha value is -3.29. The summed E-state index contributed by atoms with van der Waals surface area (Å²) in [7, 11) is 0. The van der Waals surface area contributed by atoms with E-state index in [-0.39, 0.29) is 23.1 Å². The van der Waals surface area contributed by atoms with E-state index in [0.717, 1.165) is 18.2 Å². The van der Waals surface area contributed by atoms with Gasteiger partial charge in [-0.25, -0.2) is 22.0 Å². The van der Waals surface area contributed by atoms with Gasteiger partial charge in [-0.15, -0.1) is 6.58 Å². The van der Waals surface area contributed by atoms with Crippen molar-refractivity contribution in [3.8, 4) is 16.9 Å². The highest BCUT2D eigenvalue weighted by atomic mass is 19.3. The Labute approximate surface area is 204 Å². The first-order valence-electron chi connectivity index (χ1n) is 11.5. The molecule has 0 fully saturated rings. The van der Waals surface area contributed by atoms with Crippen LogP contribution in [0.1, 0.15) is 59.9 Å². The molecule has 2 atom stereocenters. The molecule has 1 aliphatic carbocycles. The van der Waals surface area contributed by atoms with Crippen LogP contribution in [0, 0.1) is 17.5 Å². The van der Waals surface area contributed by atoms with E-state index in [1.165, 1.54) is 18.2 Å². The maximum absolute atomic E-state index is 15.3. The Balaban J connectivity index is 1.74. The third kappa shape index (κ3) is 4.49. The van der Waals surface area contributed by atoms with Gasteiger partial charge in [-0.2, -0.15) is 8.78 Å². The van der Waals surface area contributed by atoms with E-state index in [1.54, 1.807) is 13.0 Å². The normalized spacial score (nSPS) is 16.9. The van der Waals surface area contributed by atoms with Gasteiger partial charge in [0.25, 0.3) is 0 Å². The summed E-state index contributed by atoms with van der Waals surface area (Å²) >= 11 is 0. The van der Waals surface area contributed by atoms with E-state index >= 15 is 13.2 Å². The molecule has 0 aliphatic heterocycles. The van der Waals surface area contributed by atoms with Gasteiger partial charge in [0.1, 0.15) is 17.2 Å². The largest absolute Gasteiger partial charge is 0.429 e. The van der Waals surface area contributed by atoms with E-state index in [1.807, 2.05) is 0 Å². The molecular formula is C28H23F7O. The predicted octanol–water partition coefficient (Wildman–Crippen LogP) is 9.01. The number of ether oxygens (including phenoxy) is 1. The molecule has 0 saturated carbocycles. The van der Waals surface area contributed by atoms with Crippen molar-refractivity contribution in [3.05, 3.63) is 100 Å². The second-order valence-corrected chi connectivity index (χ2v) is 8.65. The van der Waals surface area contributed by atoms with E-state index in [2.05, 4.69) is 11.3 Å². The third-order valence-electron chi connectivity index (χ3n) is 6.24. The maximum atomic E-state index is 15.3. The number of hydrogen-bond donors (Lipinski definition) is 0. The van der Waals surface area contributed by atoms with Crippen molar-refractivity contribution >= 4 is 0 Å². The summed E-state index contributed by atoms with van der Waals surface area (Å²) in [5.41, 5.74) is -2.55. The van der Waals surface area contributed by atoms with Crippen LogP contribution < -0.4 is 4.74 Å². The van der Waals surface area contributed by atoms with Crippen LogP contribution in [0.25, 0.3) is 11.1 Å². The van der Waals surface area contributed by atoms with Crippen LogP contribution in [0.4, 0.5) is 30.7 Å². The molecule has 8 heteroatoms. The molecule has 0 saturated heterocycles. The number of hydrogen-bond acceptors (Lipinski definition) is 1. The fourth-order valence-corrected chi connectivity index (χ4v) is 4.46. The SMILES string of the molecule is C=CCCc1ccc(OC(F)(F)c2ccc3c(c2F)C(F)C(F)c2c-3ccc(CCC)c2F)c(F)c1. The lowest BCUT2D eigenvalue weighted by Gasteiger charge is -2.29. The standard InChI is InChI=1S/C28H23F7O/c1-3-5-7-15-8-13-21(20(29)14-15)36-28(34,35)19-12-11-18-17-10-9-16(6-4-2)24(30)22(17)26(32)27(33)23(18)25(19)31/h3,8-14,26-27H,1,4-7H2,2H3. The minimum absolute atomic E-state index is 0.111. The molecule has 0 amide bonds. The molecule has 0 radical (unpaired) electrons. The maximum Gasteiger partial charge on any atom is 0.429 e. The van der Waals surface area contributed by atoms with Crippen molar-refractivity contribution in [2.75, 3.05) is 0 Å². The monoisotopic (exact) mass is 508 g/mol. The summed E-state index contributed by atoms with van der Waals surface area (Å²) in [6, 6.07) is 7.72. The number of fused-ring (bicyclic) bond motifs is 3. The number of halogens is 7. The summed E-state index contributed by atoms with van der Waals surface area (Å²) in [5.74, 6) is -4.59. The molecule has 4 rings (SSSR count). The van der Waals surface area contributed by atoms with Gasteiger partial charge < -0.3 is 4.74 Å². The minimum atomic E-state index is -4.41. The molecule has 2 unspecified atom stereocenters. The molecular weight excluding hydrogens is 485 g/mol. The van der Waals surface area contributed by atoms with E-state index in [4.69, 9.17) is 0 Å². The zero-order valence-electron chi connectivity index (χ0n) is 19.4. The second kappa shape index (κ2) is 9.99. The predicted molar refractivity (Wildman–Crippen MR) is 123 cm³/mol. The van der Waals surface area contributed by atoms with Crippen LogP contribution in [0.5, 0.6) is 5.75 Å². The number of rotatable bonds is 8. The van der Waals surface area contributed by atoms with Crippen molar-refractivity contribution in [2.24, 2.45) is 0 Å². The zero-order chi connectivity index (χ0) is 26.2. The lowest BCUT2D eigenvalue weighted by Crippen LogP contribution is -2.26. The highest BCUT2D eigenvalue weighted by Crippen LogP contribution is 2.52. The van der Waals surface area contributed by atoms with Crippen LogP contribution >= 0.6 is 0 Å². The summed E-state index contributed by atoms with van der Waals surface area (Å²) in [6.07, 6.45) is -6.29. The molecule has 0 spiro atoms. The second-order valence-electron chi connectivity index (χ2n) is 8.65. The van der Waals surface area contributed by atoms with Gasteiger partial charge in [-0.05, 0) is 59.7 Å². The summed E-state index contributed by atoms with van der Waals surface area (Å²) < 4.78 is 109. The first-order valence-corrected chi connectivity index (χ1v) is 11.5. The Bertz CT molecular complexity index is 1300. The molecule has 0 bridgehead atoms. The van der Waals surface area contributed by atoms with Gasteiger partial charge in [0.15, 0.2) is 23.9 Å². The highest BCUT2D eigenvalue weighted by molar-refractivity contribution is 5.76. The number of benzene rings is 3. The van der Waals surface area contributed by atoms with E-state index in [0.29, 0.717) is 30.9 Å². The average Bonchev–Trinajstić information content (AvgIpc) is 2.83. The smallest absolute Gasteiger partial charge is 0.426 e. The molecule has 190 valence electrons. The molecule has 36 heavy (non-hydrogen) atoms. The van der Waals surface area contributed by atoms with Crippen LogP contribution in [0.2, 0.25) is 0 Å². The quantitative estimate of drug-likeness (QED) is 0.218. The topological polar surface area (TPSA) is 9.23 Å². The fourth-order valence-electron chi connectivity index (χ4n) is 4.46. The minimum Gasteiger partial charge on any atom is -0.426 e. The summed E-state index contributed by atoms with van der Waals surface area (Å²) in [6.45, 7) is 5.35. The van der Waals surface area contributed by atoms with Crippen LogP contribution in [0.15, 0.2) is 55.1 Å². The third-order valence-corrected chi connectivity index (χ3v) is 6.24. The summed E-state index contributed by atoms with van der Waals surface area (Å²) in [4.78, 5) is 0. The average molecular weight is 508 g/mol. The Morgan fingerprint density at radius 2 is 1.53 bits per heavy atom. The molecule has 1 nitrogen and oxygen atoms in total. The van der Waals surface area contributed by atoms with Gasteiger partial charge in [-0.1, -0.05) is 43.7 Å². The molecule has 0 aromatic heterocycles. The number of aryl methyl sites for hydroxylation is 2. The first-order chi connectivity index (χ1) is 17.1. The highest BCUT2D eigenvalue weighted by Gasteiger charge is 2.44. The van der Waals surface area contributed by atoms with Crippen molar-refractivity contribution in [3.63, 3.8) is 0 Å². The molecule has 3 aromatic rings. The lowest BCUT2D eigenvalue weighted by atomic mass is 9.80. The van der Waals surface area contributed by atoms with E-state index in [9.17, 15) is 17.6 Å². The van der Waals surface area contributed by atoms with Gasteiger partial charge in [0, 0.05) is 11.1 Å². The van der Waals surface area contributed by atoms with Gasteiger partial charge >= 0.3 is 6.11 Å². The Morgan fingerprint density at radius 3 is 2.14 bits per heavy atom. The van der Waals surface area contributed by atoms with Crippen molar-refractivity contribution < 1.29 is 35.5 Å². The lowest BCUT2D eigenvalue weighted by molar-refractivity contribution is -0.189. The Kier molecular flexibility index (Phi) is 7.16. The fraction of sp³-hybridized carbons (Fsp3) is 0.286. The van der Waals surface area contributed by atoms with E-state index < -0.39 is 58.3 Å². The zero-order valence-corrected chi connectivity index (χ0v) is 19.4. The van der Waals surface area contributed by atoms with Gasteiger partial charge in [0.2, 0.25) is 0 Å². The van der Waals surface area contributed by atoms with Crippen molar-refractivity contribution in [2.45, 2.75) is 51.1 Å². The molecule has 1 aliphatic rings. The molecule has 3 aromatic carbocycles. The number of alkyl halides is 4. The van der Waals surface area contributed by atoms with Crippen LogP contribution in [0.3, 0.4) is 0 Å². The number of allylic oxidation sites excluding steroid dienone is 1. The van der Waals surface area contributed by atoms with Gasteiger partial charge in [0.05, 0.1) is 0 Å². The molecule has 0 heterocycles. The first kappa shape index (κ1) is 25.8. The van der Waals surface area contributed by atoms with Crippen LogP contribution in [-0.4, -0.2) is 0 Å². The van der Waals surface area contributed by atoms with Crippen molar-refractivity contribution in [1.29, 1.82) is 0 Å². The van der Waals surface area contributed by atoms with Crippen LogP contribution in [-0.2, 0) is 19.0 Å². The van der Waals surface area contributed by atoms with Crippen molar-refractivity contribution in [1.82, 2.24) is 0 Å². The van der Waals surface area contributed by atoms with Gasteiger partial charge in [-0.3, -0.25) is 0 Å².